The van der Waals surface area contributed by atoms with Crippen LogP contribution in [0.1, 0.15) is 43.4 Å². The lowest BCUT2D eigenvalue weighted by Crippen LogP contribution is -2.52. The molecule has 0 aromatic heterocycles. The summed E-state index contributed by atoms with van der Waals surface area (Å²) < 4.78 is 0. The lowest BCUT2D eigenvalue weighted by Gasteiger charge is -2.33. The Labute approximate surface area is 189 Å². The average molecular weight is 440 g/mol. The molecule has 7 nitrogen and oxygen atoms in total. The molecule has 0 unspecified atom stereocenters. The zero-order valence-electron chi connectivity index (χ0n) is 17.5. The fourth-order valence-electron chi connectivity index (χ4n) is 4.77. The molecule has 0 saturated heterocycles. The monoisotopic (exact) mass is 440 g/mol. The first kappa shape index (κ1) is 20.6. The van der Waals surface area contributed by atoms with E-state index in [1.807, 2.05) is 54.6 Å². The molecule has 2 aliphatic rings. The fourth-order valence-corrected chi connectivity index (χ4v) is 4.77. The third-order valence-electron chi connectivity index (χ3n) is 6.20. The Morgan fingerprint density at radius 3 is 2.03 bits per heavy atom. The van der Waals surface area contributed by atoms with Crippen molar-refractivity contribution in [2.24, 2.45) is 0 Å². The van der Waals surface area contributed by atoms with Crippen molar-refractivity contribution in [3.8, 4) is 0 Å². The minimum Gasteiger partial charge on any atom is -0.480 e. The molecule has 0 saturated carbocycles. The van der Waals surface area contributed by atoms with Crippen molar-refractivity contribution in [1.82, 2.24) is 9.80 Å². The minimum absolute atomic E-state index is 0.111. The third-order valence-corrected chi connectivity index (χ3v) is 6.20. The summed E-state index contributed by atoms with van der Waals surface area (Å²) in [6.07, 6.45) is 0.111. The number of imide groups is 1. The molecule has 2 aliphatic heterocycles. The van der Waals surface area contributed by atoms with Crippen LogP contribution in [0, 0.1) is 0 Å². The number of hydrogen-bond donors (Lipinski definition) is 1. The van der Waals surface area contributed by atoms with Crippen LogP contribution in [0.15, 0.2) is 78.9 Å². The number of carbonyl (C=O) groups is 4. The molecular weight excluding hydrogens is 420 g/mol. The van der Waals surface area contributed by atoms with Gasteiger partial charge in [0.25, 0.3) is 11.8 Å². The zero-order valence-corrected chi connectivity index (χ0v) is 17.5. The van der Waals surface area contributed by atoms with Crippen LogP contribution in [-0.4, -0.2) is 51.2 Å². The number of aliphatic carboxylic acids is 1. The van der Waals surface area contributed by atoms with Gasteiger partial charge in [-0.25, -0.2) is 0 Å². The second kappa shape index (κ2) is 8.02. The normalized spacial score (nSPS) is 19.8. The number of carboxylic acids is 1. The molecule has 2 heterocycles. The van der Waals surface area contributed by atoms with Gasteiger partial charge in [0.15, 0.2) is 0 Å². The lowest BCUT2D eigenvalue weighted by atomic mass is 9.93. The van der Waals surface area contributed by atoms with Crippen LogP contribution < -0.4 is 0 Å². The van der Waals surface area contributed by atoms with Gasteiger partial charge in [-0.05, 0) is 28.8 Å². The Balaban J connectivity index is 1.66. The summed E-state index contributed by atoms with van der Waals surface area (Å²) in [4.78, 5) is 54.3. The molecule has 33 heavy (non-hydrogen) atoms. The maximum Gasteiger partial charge on any atom is 0.323 e. The maximum absolute atomic E-state index is 13.9. The van der Waals surface area contributed by atoms with Gasteiger partial charge < -0.3 is 10.0 Å². The van der Waals surface area contributed by atoms with Gasteiger partial charge >= 0.3 is 5.97 Å². The number of benzene rings is 3. The molecule has 0 radical (unpaired) electrons. The molecule has 0 spiro atoms. The van der Waals surface area contributed by atoms with Gasteiger partial charge in [-0.1, -0.05) is 66.7 Å². The number of fused-ring (bicyclic) bond motifs is 2. The first-order chi connectivity index (χ1) is 16.0. The number of rotatable bonds is 4. The van der Waals surface area contributed by atoms with E-state index in [9.17, 15) is 24.3 Å². The van der Waals surface area contributed by atoms with Crippen molar-refractivity contribution >= 4 is 23.7 Å². The first-order valence-electron chi connectivity index (χ1n) is 10.6. The third kappa shape index (κ3) is 3.38. The van der Waals surface area contributed by atoms with Gasteiger partial charge in [-0.15, -0.1) is 0 Å². The topological polar surface area (TPSA) is 95.0 Å². The molecule has 3 aromatic rings. The van der Waals surface area contributed by atoms with Crippen LogP contribution >= 0.6 is 0 Å². The molecule has 3 aromatic carbocycles. The summed E-state index contributed by atoms with van der Waals surface area (Å²) in [5.41, 5.74) is 2.81. The van der Waals surface area contributed by atoms with Crippen LogP contribution in [0.3, 0.4) is 0 Å². The van der Waals surface area contributed by atoms with Crippen molar-refractivity contribution in [3.63, 3.8) is 0 Å². The summed E-state index contributed by atoms with van der Waals surface area (Å²) in [6.45, 7) is -0.563. The van der Waals surface area contributed by atoms with Crippen molar-refractivity contribution in [3.05, 3.63) is 107 Å². The first-order valence-corrected chi connectivity index (χ1v) is 10.6. The fraction of sp³-hybridized carbons (Fsp3) is 0.154. The highest BCUT2D eigenvalue weighted by Crippen LogP contribution is 2.37. The summed E-state index contributed by atoms with van der Waals surface area (Å²) in [5, 5.41) is 9.64. The number of carbonyl (C=O) groups excluding carboxylic acids is 3. The smallest absolute Gasteiger partial charge is 0.323 e. The second-order valence-corrected chi connectivity index (χ2v) is 8.12. The van der Waals surface area contributed by atoms with E-state index in [1.54, 1.807) is 24.3 Å². The molecule has 7 heteroatoms. The van der Waals surface area contributed by atoms with Gasteiger partial charge in [0.05, 0.1) is 17.2 Å². The van der Waals surface area contributed by atoms with Crippen molar-refractivity contribution < 1.29 is 24.3 Å². The van der Waals surface area contributed by atoms with Crippen LogP contribution in [0.25, 0.3) is 0 Å². The minimum atomic E-state index is -1.18. The van der Waals surface area contributed by atoms with E-state index in [-0.39, 0.29) is 17.5 Å². The highest BCUT2D eigenvalue weighted by molar-refractivity contribution is 6.23. The van der Waals surface area contributed by atoms with Gasteiger partial charge in [0.2, 0.25) is 5.91 Å². The SMILES string of the molecule is O=C(O)CN1C(=O)[C@H](N2C(=O)c3ccccc3C2=O)Cc2ccccc2[C@H]1c1ccccc1. The number of amides is 3. The van der Waals surface area contributed by atoms with Crippen molar-refractivity contribution in [2.75, 3.05) is 6.54 Å². The lowest BCUT2D eigenvalue weighted by molar-refractivity contribution is -0.147. The number of carboxylic acid groups (broad SMARTS) is 1. The molecule has 0 bridgehead atoms. The van der Waals surface area contributed by atoms with Gasteiger partial charge in [0, 0.05) is 6.42 Å². The Hall–Kier alpha value is -4.26. The van der Waals surface area contributed by atoms with E-state index < -0.39 is 42.3 Å². The molecule has 1 N–H and O–H groups in total. The molecular formula is C26H20N2O5. The van der Waals surface area contributed by atoms with Crippen LogP contribution in [0.5, 0.6) is 0 Å². The highest BCUT2D eigenvalue weighted by atomic mass is 16.4. The number of hydrogen-bond acceptors (Lipinski definition) is 4. The van der Waals surface area contributed by atoms with Gasteiger partial charge in [-0.3, -0.25) is 24.1 Å². The predicted octanol–water partition coefficient (Wildman–Crippen LogP) is 2.91. The van der Waals surface area contributed by atoms with Crippen molar-refractivity contribution in [2.45, 2.75) is 18.5 Å². The Bertz CT molecular complexity index is 1250. The van der Waals surface area contributed by atoms with E-state index in [2.05, 4.69) is 0 Å². The van der Waals surface area contributed by atoms with E-state index in [0.717, 1.165) is 21.6 Å². The quantitative estimate of drug-likeness (QED) is 0.630. The van der Waals surface area contributed by atoms with Gasteiger partial charge in [-0.2, -0.15) is 0 Å². The van der Waals surface area contributed by atoms with Crippen molar-refractivity contribution in [1.29, 1.82) is 0 Å². The standard InChI is InChI=1S/C26H20N2O5/c29-22(30)15-27-23(16-8-2-1-3-9-16)18-11-5-4-10-17(18)14-21(26(27)33)28-24(31)19-12-6-7-13-20(19)25(28)32/h1-13,21,23H,14-15H2,(H,29,30)/t21-,23-/m1/s1. The second-order valence-electron chi connectivity index (χ2n) is 8.12. The van der Waals surface area contributed by atoms with E-state index in [4.69, 9.17) is 0 Å². The molecule has 164 valence electrons. The number of nitrogens with zero attached hydrogens (tertiary/aromatic N) is 2. The van der Waals surface area contributed by atoms with E-state index >= 15 is 0 Å². The average Bonchev–Trinajstić information content (AvgIpc) is 3.01. The van der Waals surface area contributed by atoms with Gasteiger partial charge in [0.1, 0.15) is 12.6 Å². The van der Waals surface area contributed by atoms with Crippen LogP contribution in [-0.2, 0) is 16.0 Å². The summed E-state index contributed by atoms with van der Waals surface area (Å²) >= 11 is 0. The highest BCUT2D eigenvalue weighted by Gasteiger charge is 2.47. The summed E-state index contributed by atoms with van der Waals surface area (Å²) in [5.74, 6) is -2.83. The predicted molar refractivity (Wildman–Crippen MR) is 119 cm³/mol. The van der Waals surface area contributed by atoms with Crippen LogP contribution in [0.2, 0.25) is 0 Å². The van der Waals surface area contributed by atoms with Crippen LogP contribution in [0.4, 0.5) is 0 Å². The zero-order chi connectivity index (χ0) is 23.1. The molecule has 0 fully saturated rings. The molecule has 2 atom stereocenters. The van der Waals surface area contributed by atoms with E-state index in [0.29, 0.717) is 0 Å². The molecule has 3 amide bonds. The summed E-state index contributed by atoms with van der Waals surface area (Å²) in [7, 11) is 0. The molecule has 5 rings (SSSR count). The Morgan fingerprint density at radius 1 is 0.818 bits per heavy atom. The Morgan fingerprint density at radius 2 is 1.39 bits per heavy atom. The maximum atomic E-state index is 13.9. The molecule has 0 aliphatic carbocycles. The Kier molecular flexibility index (Phi) is 5.01. The summed E-state index contributed by atoms with van der Waals surface area (Å²) in [6, 6.07) is 21.2. The van der Waals surface area contributed by atoms with E-state index in [1.165, 1.54) is 4.90 Å². The largest absolute Gasteiger partial charge is 0.480 e.